The fourth-order valence-electron chi connectivity index (χ4n) is 3.31. The third kappa shape index (κ3) is 7.30. The molecule has 0 aliphatic carbocycles. The second-order valence-corrected chi connectivity index (χ2v) is 7.52. The van der Waals surface area contributed by atoms with Gasteiger partial charge >= 0.3 is 5.97 Å². The maximum Gasteiger partial charge on any atom is 0.357 e. The Hall–Kier alpha value is -3.93. The lowest BCUT2D eigenvalue weighted by molar-refractivity contribution is -0.139. The highest BCUT2D eigenvalue weighted by Gasteiger charge is 2.19. The Kier molecular flexibility index (Phi) is 9.40. The zero-order valence-electron chi connectivity index (χ0n) is 19.9. The third-order valence-electron chi connectivity index (χ3n) is 5.17. The molecule has 6 nitrogen and oxygen atoms in total. The summed E-state index contributed by atoms with van der Waals surface area (Å²) in [6.45, 7) is 2.79. The van der Waals surface area contributed by atoms with Crippen LogP contribution < -0.4 is 14.8 Å². The van der Waals surface area contributed by atoms with Crippen molar-refractivity contribution < 1.29 is 23.7 Å². The number of rotatable bonds is 12. The molecule has 0 aliphatic heterocycles. The van der Waals surface area contributed by atoms with E-state index in [0.29, 0.717) is 31.0 Å². The fourth-order valence-corrected chi connectivity index (χ4v) is 3.31. The van der Waals surface area contributed by atoms with Gasteiger partial charge in [-0.25, -0.2) is 4.79 Å². The summed E-state index contributed by atoms with van der Waals surface area (Å²) in [5.74, 6) is 1.63. The molecular weight excluding hydrogens is 430 g/mol. The first kappa shape index (κ1) is 24.7. The van der Waals surface area contributed by atoms with Gasteiger partial charge in [-0.3, -0.25) is 0 Å². The molecule has 0 saturated carbocycles. The summed E-state index contributed by atoms with van der Waals surface area (Å²) in [7, 11) is 3.26. The molecule has 3 rings (SSSR count). The number of esters is 1. The van der Waals surface area contributed by atoms with Crippen LogP contribution in [-0.4, -0.2) is 26.8 Å². The Bertz CT molecular complexity index is 1060. The maximum absolute atomic E-state index is 12.9. The van der Waals surface area contributed by atoms with Crippen molar-refractivity contribution in [3.63, 3.8) is 0 Å². The van der Waals surface area contributed by atoms with Gasteiger partial charge in [-0.05, 0) is 47.9 Å². The Morgan fingerprint density at radius 3 is 1.88 bits per heavy atom. The fraction of sp³-hybridized carbons (Fsp3) is 0.250. The van der Waals surface area contributed by atoms with Crippen LogP contribution in [0.15, 0.2) is 90.3 Å². The second kappa shape index (κ2) is 12.9. The average molecular weight is 462 g/mol. The number of allylic oxidation sites excluding steroid dienone is 1. The smallest absolute Gasteiger partial charge is 0.357 e. The SMILES string of the molecule is CCOC(=O)/C(NCc1ccc(OC)cc1)=C(/Cc1ccccc1)OCc1ccc(OC)cc1. The maximum atomic E-state index is 12.9. The van der Waals surface area contributed by atoms with E-state index in [4.69, 9.17) is 18.9 Å². The van der Waals surface area contributed by atoms with Crippen molar-refractivity contribution in [1.29, 1.82) is 0 Å². The van der Waals surface area contributed by atoms with E-state index < -0.39 is 5.97 Å². The minimum absolute atomic E-state index is 0.268. The van der Waals surface area contributed by atoms with Gasteiger partial charge in [0.15, 0.2) is 5.70 Å². The average Bonchev–Trinajstić information content (AvgIpc) is 2.88. The molecular formula is C28H31NO5. The monoisotopic (exact) mass is 461 g/mol. The van der Waals surface area contributed by atoms with Crippen molar-refractivity contribution in [2.45, 2.75) is 26.5 Å². The largest absolute Gasteiger partial charge is 0.497 e. The van der Waals surface area contributed by atoms with E-state index in [1.165, 1.54) is 0 Å². The molecule has 0 radical (unpaired) electrons. The minimum atomic E-state index is -0.448. The molecule has 1 N–H and O–H groups in total. The second-order valence-electron chi connectivity index (χ2n) is 7.52. The van der Waals surface area contributed by atoms with E-state index in [9.17, 15) is 4.79 Å². The standard InChI is InChI=1S/C28H31NO5/c1-4-33-28(30)27(29-19-22-10-14-24(31-2)15-11-22)26(18-21-8-6-5-7-9-21)34-20-23-12-16-25(32-3)17-13-23/h5-17,29H,4,18-20H2,1-3H3/b27-26+. The van der Waals surface area contributed by atoms with Crippen LogP contribution in [0.4, 0.5) is 0 Å². The number of ether oxygens (including phenoxy) is 4. The predicted molar refractivity (Wildman–Crippen MR) is 131 cm³/mol. The summed E-state index contributed by atoms with van der Waals surface area (Å²) < 4.78 is 22.0. The van der Waals surface area contributed by atoms with Crippen LogP contribution in [0.2, 0.25) is 0 Å². The first-order valence-corrected chi connectivity index (χ1v) is 11.2. The minimum Gasteiger partial charge on any atom is -0.497 e. The van der Waals surface area contributed by atoms with Gasteiger partial charge in [0.1, 0.15) is 23.9 Å². The topological polar surface area (TPSA) is 66.0 Å². The number of benzene rings is 3. The molecule has 6 heteroatoms. The number of carbonyl (C=O) groups is 1. The zero-order chi connectivity index (χ0) is 24.2. The molecule has 3 aromatic carbocycles. The molecule has 0 saturated heterocycles. The highest BCUT2D eigenvalue weighted by Crippen LogP contribution is 2.19. The summed E-state index contributed by atoms with van der Waals surface area (Å²) in [6, 6.07) is 25.2. The highest BCUT2D eigenvalue weighted by molar-refractivity contribution is 5.88. The van der Waals surface area contributed by atoms with Crippen LogP contribution in [0.5, 0.6) is 11.5 Å². The third-order valence-corrected chi connectivity index (χ3v) is 5.17. The van der Waals surface area contributed by atoms with Crippen molar-refractivity contribution in [2.75, 3.05) is 20.8 Å². The van der Waals surface area contributed by atoms with Gasteiger partial charge in [-0.2, -0.15) is 0 Å². The molecule has 34 heavy (non-hydrogen) atoms. The number of methoxy groups -OCH3 is 2. The van der Waals surface area contributed by atoms with Crippen LogP contribution in [0.25, 0.3) is 0 Å². The van der Waals surface area contributed by atoms with Gasteiger partial charge in [0.25, 0.3) is 0 Å². The molecule has 0 aromatic heterocycles. The van der Waals surface area contributed by atoms with E-state index in [1.54, 1.807) is 21.1 Å². The van der Waals surface area contributed by atoms with Gasteiger partial charge < -0.3 is 24.3 Å². The van der Waals surface area contributed by atoms with Crippen LogP contribution in [-0.2, 0) is 33.8 Å². The Labute approximate surface area is 201 Å². The number of hydrogen-bond acceptors (Lipinski definition) is 6. The zero-order valence-corrected chi connectivity index (χ0v) is 19.9. The summed E-state index contributed by atoms with van der Waals surface area (Å²) in [6.07, 6.45) is 0.445. The molecule has 178 valence electrons. The summed E-state index contributed by atoms with van der Waals surface area (Å²) >= 11 is 0. The molecule has 0 aliphatic rings. The molecule has 0 bridgehead atoms. The first-order valence-electron chi connectivity index (χ1n) is 11.2. The van der Waals surface area contributed by atoms with Crippen LogP contribution in [0, 0.1) is 0 Å². The number of carbonyl (C=O) groups excluding carboxylic acids is 1. The van der Waals surface area contributed by atoms with Crippen molar-refractivity contribution in [3.05, 3.63) is 107 Å². The Balaban J connectivity index is 1.87. The van der Waals surface area contributed by atoms with Crippen molar-refractivity contribution in [2.24, 2.45) is 0 Å². The normalized spacial score (nSPS) is 11.3. The van der Waals surface area contributed by atoms with Crippen LogP contribution in [0.1, 0.15) is 23.6 Å². The van der Waals surface area contributed by atoms with Gasteiger partial charge in [0.05, 0.1) is 20.8 Å². The van der Waals surface area contributed by atoms with Gasteiger partial charge in [0.2, 0.25) is 0 Å². The molecule has 0 unspecified atom stereocenters. The lowest BCUT2D eigenvalue weighted by atomic mass is 10.1. The summed E-state index contributed by atoms with van der Waals surface area (Å²) in [4.78, 5) is 12.9. The van der Waals surface area contributed by atoms with Crippen molar-refractivity contribution in [1.82, 2.24) is 5.32 Å². The van der Waals surface area contributed by atoms with Gasteiger partial charge in [0, 0.05) is 13.0 Å². The molecule has 0 amide bonds. The molecule has 0 spiro atoms. The Morgan fingerprint density at radius 2 is 1.32 bits per heavy atom. The van der Waals surface area contributed by atoms with Crippen LogP contribution in [0.3, 0.4) is 0 Å². The quantitative estimate of drug-likeness (QED) is 0.232. The number of hydrogen-bond donors (Lipinski definition) is 1. The van der Waals surface area contributed by atoms with E-state index >= 15 is 0 Å². The lowest BCUT2D eigenvalue weighted by Crippen LogP contribution is -2.25. The first-order chi connectivity index (χ1) is 16.6. The van der Waals surface area contributed by atoms with E-state index in [-0.39, 0.29) is 6.61 Å². The van der Waals surface area contributed by atoms with Crippen molar-refractivity contribution >= 4 is 5.97 Å². The summed E-state index contributed by atoms with van der Waals surface area (Å²) in [5.41, 5.74) is 3.30. The molecule has 3 aromatic rings. The van der Waals surface area contributed by atoms with Crippen LogP contribution >= 0.6 is 0 Å². The van der Waals surface area contributed by atoms with E-state index in [1.807, 2.05) is 78.9 Å². The molecule has 0 atom stereocenters. The van der Waals surface area contributed by atoms with Gasteiger partial charge in [-0.15, -0.1) is 0 Å². The Morgan fingerprint density at radius 1 is 0.735 bits per heavy atom. The number of nitrogens with one attached hydrogen (secondary N) is 1. The van der Waals surface area contributed by atoms with Crippen molar-refractivity contribution in [3.8, 4) is 11.5 Å². The van der Waals surface area contributed by atoms with E-state index in [0.717, 1.165) is 28.2 Å². The lowest BCUT2D eigenvalue weighted by Gasteiger charge is -2.18. The molecule has 0 heterocycles. The summed E-state index contributed by atoms with van der Waals surface area (Å²) in [5, 5.41) is 3.25. The predicted octanol–water partition coefficient (Wildman–Crippen LogP) is 5.03. The highest BCUT2D eigenvalue weighted by atomic mass is 16.5. The van der Waals surface area contributed by atoms with E-state index in [2.05, 4.69) is 5.32 Å². The van der Waals surface area contributed by atoms with Gasteiger partial charge in [-0.1, -0.05) is 54.6 Å². The molecule has 0 fully saturated rings.